The molecule has 4 aliphatic rings. The van der Waals surface area contributed by atoms with Crippen molar-refractivity contribution in [2.45, 2.75) is 94.8 Å². The van der Waals surface area contributed by atoms with Crippen LogP contribution in [0.2, 0.25) is 0 Å². The molecule has 1 aliphatic heterocycles. The summed E-state index contributed by atoms with van der Waals surface area (Å²) < 4.78 is 6.20. The fourth-order valence-electron chi connectivity index (χ4n) is 9.19. The molecule has 3 saturated carbocycles. The lowest BCUT2D eigenvalue weighted by atomic mass is 9.45. The van der Waals surface area contributed by atoms with Crippen LogP contribution in [0.3, 0.4) is 0 Å². The molecule has 2 unspecified atom stereocenters. The summed E-state index contributed by atoms with van der Waals surface area (Å²) in [6.45, 7) is 12.9. The van der Waals surface area contributed by atoms with E-state index in [0.29, 0.717) is 35.6 Å². The Morgan fingerprint density at radius 2 is 1.94 bits per heavy atom. The number of hydrogen-bond donors (Lipinski definition) is 5. The summed E-state index contributed by atoms with van der Waals surface area (Å²) in [7, 11) is 5.48. The molecule has 0 aromatic heterocycles. The van der Waals surface area contributed by atoms with Crippen molar-refractivity contribution in [3.05, 3.63) is 60.2 Å². The lowest BCUT2D eigenvalue weighted by Gasteiger charge is -2.62. The first-order chi connectivity index (χ1) is 25.6. The molecule has 1 saturated heterocycles. The molecule has 10 nitrogen and oxygen atoms in total. The molecule has 4 fully saturated rings. The zero-order valence-electron chi connectivity index (χ0n) is 32.9. The number of thiol groups is 1. The van der Waals surface area contributed by atoms with Crippen LogP contribution in [0.5, 0.6) is 5.75 Å². The highest BCUT2D eigenvalue weighted by molar-refractivity contribution is 9.11. The van der Waals surface area contributed by atoms with E-state index >= 15 is 0 Å². The minimum absolute atomic E-state index is 0.0376. The maximum absolute atomic E-state index is 14.2. The zero-order chi connectivity index (χ0) is 39.5. The summed E-state index contributed by atoms with van der Waals surface area (Å²) in [5, 5.41) is 29.3. The van der Waals surface area contributed by atoms with Crippen molar-refractivity contribution in [3.8, 4) is 16.9 Å². The number of anilines is 1. The number of alkyl halides is 1. The highest BCUT2D eigenvalue weighted by Gasteiger charge is 2.57. The largest absolute Gasteiger partial charge is 0.496 e. The highest BCUT2D eigenvalue weighted by Crippen LogP contribution is 2.61. The van der Waals surface area contributed by atoms with Gasteiger partial charge in [-0.25, -0.2) is 0 Å². The number of hydroxylamine groups is 2. The maximum atomic E-state index is 14.2. The number of aliphatic hydroxyl groups is 2. The van der Waals surface area contributed by atoms with Crippen LogP contribution in [0, 0.1) is 35.0 Å². The molecule has 0 radical (unpaired) electrons. The van der Waals surface area contributed by atoms with Crippen molar-refractivity contribution in [1.29, 1.82) is 0 Å². The molecule has 6 rings (SSSR count). The van der Waals surface area contributed by atoms with Gasteiger partial charge in [-0.15, -0.1) is 6.58 Å². The monoisotopic (exact) mass is 828 g/mol. The Morgan fingerprint density at radius 3 is 2.54 bits per heavy atom. The van der Waals surface area contributed by atoms with Crippen LogP contribution in [0.15, 0.2) is 49.1 Å². The van der Waals surface area contributed by atoms with Crippen LogP contribution in [-0.2, 0) is 16.2 Å². The van der Waals surface area contributed by atoms with Gasteiger partial charge in [0.05, 0.1) is 30.5 Å². The van der Waals surface area contributed by atoms with Gasteiger partial charge in [-0.2, -0.15) is 17.7 Å². The van der Waals surface area contributed by atoms with Crippen LogP contribution in [-0.4, -0.2) is 89.9 Å². The van der Waals surface area contributed by atoms with Crippen molar-refractivity contribution in [3.63, 3.8) is 0 Å². The number of nitrogens with zero attached hydrogens (tertiary/aromatic N) is 2. The average molecular weight is 830 g/mol. The van der Waals surface area contributed by atoms with Gasteiger partial charge in [-0.3, -0.25) is 14.4 Å². The molecule has 2 aromatic carbocycles. The van der Waals surface area contributed by atoms with Crippen molar-refractivity contribution in [2.24, 2.45) is 35.0 Å². The number of fused-ring (bicyclic) bond motifs is 2. The number of benzene rings is 2. The van der Waals surface area contributed by atoms with Gasteiger partial charge in [0, 0.05) is 55.0 Å². The standard InChI is InChI=1S/C42H61BrN4O6S/c1-9-26(13-14-36(43)54)15-16-44-40(50)29-17-28(18-31(19-29)46(6)7)32-12-10-11-27(39(32)52-8)22-47-38(37(25(3)49)35(23-48)53-47)41(51)45-34-21-30-20-33(24(34)2)42(30,4)5/h9-12,17-19,24-26,30,33-38,48-49,54H,1,13-16,20-23H2,2-8H3,(H,44,50)(H,45,51)/t24-,25-,26?,30+,33-,34-,35-,36?,37-,38-/m0/s1. The second kappa shape index (κ2) is 18.1. The molecule has 2 aromatic rings. The molecule has 298 valence electrons. The molecule has 12 heteroatoms. The fourth-order valence-corrected chi connectivity index (χ4v) is 9.60. The molecular formula is C42H61BrN4O6S. The number of aliphatic hydroxyl groups excluding tert-OH is 2. The van der Waals surface area contributed by atoms with Crippen LogP contribution in [0.25, 0.3) is 11.1 Å². The number of ether oxygens (including phenoxy) is 1. The summed E-state index contributed by atoms with van der Waals surface area (Å²) in [6, 6.07) is 10.8. The average Bonchev–Trinajstić information content (AvgIpc) is 3.51. The summed E-state index contributed by atoms with van der Waals surface area (Å²) in [5.74, 6) is 1.30. The van der Waals surface area contributed by atoms with Gasteiger partial charge in [0.15, 0.2) is 0 Å². The number of methoxy groups -OCH3 is 1. The topological polar surface area (TPSA) is 124 Å². The number of halogens is 1. The predicted octanol–water partition coefficient (Wildman–Crippen LogP) is 6.44. The van der Waals surface area contributed by atoms with Gasteiger partial charge in [-0.1, -0.05) is 61.0 Å². The Labute approximate surface area is 335 Å². The molecule has 10 atom stereocenters. The summed E-state index contributed by atoms with van der Waals surface area (Å²) in [5.41, 5.74) is 4.00. The molecule has 1 heterocycles. The number of para-hydroxylation sites is 1. The zero-order valence-corrected chi connectivity index (χ0v) is 35.4. The Morgan fingerprint density at radius 1 is 1.20 bits per heavy atom. The molecule has 54 heavy (non-hydrogen) atoms. The van der Waals surface area contributed by atoms with Crippen molar-refractivity contribution >= 4 is 46.1 Å². The molecule has 0 spiro atoms. The van der Waals surface area contributed by atoms with E-state index in [1.807, 2.05) is 61.5 Å². The van der Waals surface area contributed by atoms with Gasteiger partial charge >= 0.3 is 0 Å². The van der Waals surface area contributed by atoms with E-state index in [2.05, 4.69) is 66.5 Å². The Balaban J connectivity index is 1.39. The molecular weight excluding hydrogens is 768 g/mol. The molecule has 3 aliphatic carbocycles. The van der Waals surface area contributed by atoms with E-state index in [1.165, 1.54) is 6.42 Å². The Kier molecular flexibility index (Phi) is 14.3. The van der Waals surface area contributed by atoms with Crippen molar-refractivity contribution < 1.29 is 29.4 Å². The lowest BCUT2D eigenvalue weighted by molar-refractivity contribution is -0.183. The normalized spacial score (nSPS) is 27.6. The van der Waals surface area contributed by atoms with E-state index in [4.69, 9.17) is 9.57 Å². The number of hydrogen-bond acceptors (Lipinski definition) is 9. The van der Waals surface area contributed by atoms with Gasteiger partial charge in [0.25, 0.3) is 5.91 Å². The van der Waals surface area contributed by atoms with Crippen LogP contribution >= 0.6 is 28.6 Å². The predicted molar refractivity (Wildman–Crippen MR) is 222 cm³/mol. The smallest absolute Gasteiger partial charge is 0.251 e. The molecule has 2 amide bonds. The first-order valence-electron chi connectivity index (χ1n) is 19.3. The maximum Gasteiger partial charge on any atom is 0.251 e. The minimum atomic E-state index is -0.900. The number of allylic oxidation sites excluding steroid dienone is 1. The molecule has 2 bridgehead atoms. The highest BCUT2D eigenvalue weighted by atomic mass is 79.9. The summed E-state index contributed by atoms with van der Waals surface area (Å²) >= 11 is 7.90. The number of nitrogens with one attached hydrogen (secondary N) is 2. The van der Waals surface area contributed by atoms with Gasteiger partial charge in [-0.05, 0) is 91.9 Å². The van der Waals surface area contributed by atoms with E-state index in [9.17, 15) is 19.8 Å². The number of rotatable bonds is 17. The van der Waals surface area contributed by atoms with E-state index in [-0.39, 0.29) is 46.5 Å². The Hall–Kier alpha value is -2.61. The number of carbonyl (C=O) groups is 2. The van der Waals surface area contributed by atoms with Crippen LogP contribution in [0.1, 0.15) is 75.7 Å². The quantitative estimate of drug-likeness (QED) is 0.0702. The third kappa shape index (κ3) is 9.16. The van der Waals surface area contributed by atoms with E-state index < -0.39 is 24.2 Å². The minimum Gasteiger partial charge on any atom is -0.496 e. The SMILES string of the molecule is C=CC(CCNC(=O)c1cc(-c2cccc(CN3O[C@@H](CO)[C@H]([C@H](C)O)[C@H]3C(=O)N[C@H]3C[C@H]4C[C@@H]([C@@H]3C)C4(C)C)c2OC)cc(N(C)C)c1)CCC(S)Br. The van der Waals surface area contributed by atoms with Gasteiger partial charge < -0.3 is 30.5 Å². The third-order valence-electron chi connectivity index (χ3n) is 12.6. The third-order valence-corrected chi connectivity index (χ3v) is 13.3. The first kappa shape index (κ1) is 42.5. The van der Waals surface area contributed by atoms with Crippen molar-refractivity contribution in [1.82, 2.24) is 15.7 Å². The number of amides is 2. The first-order valence-corrected chi connectivity index (χ1v) is 20.8. The second-order valence-corrected chi connectivity index (χ2v) is 18.9. The summed E-state index contributed by atoms with van der Waals surface area (Å²) in [4.78, 5) is 36.0. The fraction of sp³-hybridized carbons (Fsp3) is 0.619. The van der Waals surface area contributed by atoms with E-state index in [0.717, 1.165) is 48.1 Å². The van der Waals surface area contributed by atoms with Crippen LogP contribution in [0.4, 0.5) is 5.69 Å². The lowest BCUT2D eigenvalue weighted by Crippen LogP contribution is -2.62. The Bertz CT molecular complexity index is 1640. The van der Waals surface area contributed by atoms with Gasteiger partial charge in [0.1, 0.15) is 17.9 Å². The molecule has 4 N–H and O–H groups in total. The summed E-state index contributed by atoms with van der Waals surface area (Å²) in [6.07, 6.45) is 5.03. The number of carbonyl (C=O) groups excluding carboxylic acids is 2. The van der Waals surface area contributed by atoms with Crippen molar-refractivity contribution in [2.75, 3.05) is 39.3 Å². The van der Waals surface area contributed by atoms with E-state index in [1.54, 1.807) is 19.1 Å². The van der Waals surface area contributed by atoms with Gasteiger partial charge in [0.2, 0.25) is 5.91 Å². The van der Waals surface area contributed by atoms with Crippen LogP contribution < -0.4 is 20.3 Å². The second-order valence-electron chi connectivity index (χ2n) is 16.4.